The molecule has 0 saturated carbocycles. The van der Waals surface area contributed by atoms with E-state index in [1.807, 2.05) is 44.2 Å². The first-order valence-electron chi connectivity index (χ1n) is 15.2. The lowest BCUT2D eigenvalue weighted by molar-refractivity contribution is -0.117. The van der Waals surface area contributed by atoms with Crippen LogP contribution in [-0.2, 0) is 15.3 Å². The molecule has 0 saturated heterocycles. The number of hydrogen-bond donors (Lipinski definition) is 1. The van der Waals surface area contributed by atoms with Crippen LogP contribution in [0.1, 0.15) is 55.5 Å². The van der Waals surface area contributed by atoms with Gasteiger partial charge in [-0.05, 0) is 61.1 Å². The van der Waals surface area contributed by atoms with Gasteiger partial charge in [-0.3, -0.25) is 14.5 Å². The number of rotatable bonds is 14. The summed E-state index contributed by atoms with van der Waals surface area (Å²) in [5.41, 5.74) is 3.66. The minimum atomic E-state index is -0.966. The number of anilines is 1. The van der Waals surface area contributed by atoms with Crippen molar-refractivity contribution in [3.63, 3.8) is 0 Å². The number of aromatic nitrogens is 2. The summed E-state index contributed by atoms with van der Waals surface area (Å²) in [6.45, 7) is 9.09. The third kappa shape index (κ3) is 7.86. The zero-order chi connectivity index (χ0) is 32.6. The van der Waals surface area contributed by atoms with E-state index in [-0.39, 0.29) is 10.7 Å². The fourth-order valence-electron chi connectivity index (χ4n) is 4.87. The number of allylic oxidation sites excluding steroid dienone is 1. The highest BCUT2D eigenvalue weighted by Gasteiger charge is 2.45. The van der Waals surface area contributed by atoms with Gasteiger partial charge >= 0.3 is 0 Å². The lowest BCUT2D eigenvalue weighted by Gasteiger charge is -2.24. The Hall–Kier alpha value is -4.41. The van der Waals surface area contributed by atoms with Crippen molar-refractivity contribution in [2.45, 2.75) is 50.3 Å². The Kier molecular flexibility index (Phi) is 10.9. The van der Waals surface area contributed by atoms with Crippen LogP contribution in [0.3, 0.4) is 0 Å². The molecule has 3 aromatic carbocycles. The van der Waals surface area contributed by atoms with Gasteiger partial charge in [-0.2, -0.15) is 0 Å². The molecular weight excluding hydrogens is 619 g/mol. The highest BCUT2D eigenvalue weighted by atomic mass is 32.2. The number of aliphatic hydroxyl groups excluding tert-OH is 1. The number of aliphatic hydroxyl groups is 1. The Morgan fingerprint density at radius 3 is 2.52 bits per heavy atom. The van der Waals surface area contributed by atoms with Crippen molar-refractivity contribution in [1.29, 1.82) is 0 Å². The minimum absolute atomic E-state index is 0.0443. The second-order valence-corrected chi connectivity index (χ2v) is 13.4. The van der Waals surface area contributed by atoms with E-state index in [0.717, 1.165) is 17.5 Å². The molecule has 2 heterocycles. The molecule has 0 spiro atoms. The SMILES string of the molecule is CCOc1cc(C2C(C(=O)C=Cc3ccccc3)=C(O)C(=O)N2c2nnc(SCc3ccc(C)cc3)s2)ccc1OCCC(C)C. The van der Waals surface area contributed by atoms with E-state index in [1.54, 1.807) is 24.3 Å². The first kappa shape index (κ1) is 33.0. The first-order valence-corrected chi connectivity index (χ1v) is 17.0. The van der Waals surface area contributed by atoms with E-state index in [0.29, 0.717) is 46.3 Å². The maximum atomic E-state index is 13.7. The number of ether oxygens (including phenoxy) is 2. The fraction of sp³-hybridized carbons (Fsp3) is 0.278. The fourth-order valence-corrected chi connectivity index (χ4v) is 6.69. The largest absolute Gasteiger partial charge is 0.503 e. The Bertz CT molecular complexity index is 1730. The Balaban J connectivity index is 1.49. The van der Waals surface area contributed by atoms with Crippen molar-refractivity contribution in [2.75, 3.05) is 18.1 Å². The zero-order valence-corrected chi connectivity index (χ0v) is 27.9. The number of carbonyl (C=O) groups excluding carboxylic acids is 2. The Morgan fingerprint density at radius 1 is 1.04 bits per heavy atom. The molecule has 1 N–H and O–H groups in total. The molecule has 0 radical (unpaired) electrons. The van der Waals surface area contributed by atoms with Crippen LogP contribution in [0.4, 0.5) is 5.13 Å². The van der Waals surface area contributed by atoms with Crippen LogP contribution in [0.5, 0.6) is 11.5 Å². The van der Waals surface area contributed by atoms with E-state index in [1.165, 1.54) is 39.6 Å². The lowest BCUT2D eigenvalue weighted by atomic mass is 9.95. The molecule has 1 aliphatic rings. The molecule has 0 fully saturated rings. The second-order valence-electron chi connectivity index (χ2n) is 11.2. The molecule has 1 atom stereocenters. The summed E-state index contributed by atoms with van der Waals surface area (Å²) < 4.78 is 12.6. The molecule has 5 rings (SSSR count). The first-order chi connectivity index (χ1) is 22.2. The number of benzene rings is 3. The van der Waals surface area contributed by atoms with Gasteiger partial charge in [-0.1, -0.05) is 109 Å². The highest BCUT2D eigenvalue weighted by molar-refractivity contribution is 8.00. The summed E-state index contributed by atoms with van der Waals surface area (Å²) in [5.74, 6) is 0.384. The summed E-state index contributed by atoms with van der Waals surface area (Å²) in [6.07, 6.45) is 3.91. The quantitative estimate of drug-likeness (QED) is 0.0825. The molecule has 1 amide bonds. The van der Waals surface area contributed by atoms with Gasteiger partial charge in [-0.25, -0.2) is 0 Å². The van der Waals surface area contributed by atoms with Crippen LogP contribution in [0, 0.1) is 12.8 Å². The van der Waals surface area contributed by atoms with E-state index < -0.39 is 23.5 Å². The van der Waals surface area contributed by atoms with Crippen molar-refractivity contribution in [3.8, 4) is 11.5 Å². The summed E-state index contributed by atoms with van der Waals surface area (Å²) in [4.78, 5) is 28.8. The maximum absolute atomic E-state index is 13.7. The second kappa shape index (κ2) is 15.2. The molecule has 46 heavy (non-hydrogen) atoms. The van der Waals surface area contributed by atoms with Gasteiger partial charge in [0, 0.05) is 5.75 Å². The average molecular weight is 656 g/mol. The Morgan fingerprint density at radius 2 is 1.80 bits per heavy atom. The van der Waals surface area contributed by atoms with Gasteiger partial charge in [0.1, 0.15) is 0 Å². The van der Waals surface area contributed by atoms with Crippen LogP contribution < -0.4 is 14.4 Å². The van der Waals surface area contributed by atoms with E-state index in [9.17, 15) is 14.7 Å². The molecule has 0 aliphatic carbocycles. The van der Waals surface area contributed by atoms with Crippen molar-refractivity contribution in [2.24, 2.45) is 5.92 Å². The minimum Gasteiger partial charge on any atom is -0.503 e. The van der Waals surface area contributed by atoms with Crippen LogP contribution in [0.25, 0.3) is 6.08 Å². The predicted molar refractivity (Wildman–Crippen MR) is 184 cm³/mol. The number of carbonyl (C=O) groups is 2. The number of ketones is 1. The molecule has 238 valence electrons. The summed E-state index contributed by atoms with van der Waals surface area (Å²) in [5, 5.41) is 20.1. The van der Waals surface area contributed by atoms with Crippen molar-refractivity contribution >= 4 is 46.0 Å². The summed E-state index contributed by atoms with van der Waals surface area (Å²) in [6, 6.07) is 22.0. The smallest absolute Gasteiger partial charge is 0.296 e. The van der Waals surface area contributed by atoms with Crippen molar-refractivity contribution in [3.05, 3.63) is 112 Å². The number of aryl methyl sites for hydroxylation is 1. The monoisotopic (exact) mass is 655 g/mol. The predicted octanol–water partition coefficient (Wildman–Crippen LogP) is 8.14. The molecule has 1 aromatic heterocycles. The molecular formula is C36H37N3O5S2. The van der Waals surface area contributed by atoms with Gasteiger partial charge in [0.2, 0.25) is 5.13 Å². The number of thioether (sulfide) groups is 1. The van der Waals surface area contributed by atoms with Crippen molar-refractivity contribution in [1.82, 2.24) is 10.2 Å². The van der Waals surface area contributed by atoms with E-state index in [4.69, 9.17) is 9.47 Å². The normalized spacial score (nSPS) is 14.9. The van der Waals surface area contributed by atoms with Crippen LogP contribution in [-0.4, -0.2) is 40.2 Å². The third-order valence-electron chi connectivity index (χ3n) is 7.32. The van der Waals surface area contributed by atoms with E-state index in [2.05, 4.69) is 48.3 Å². The van der Waals surface area contributed by atoms with Gasteiger partial charge in [-0.15, -0.1) is 10.2 Å². The molecule has 10 heteroatoms. The van der Waals surface area contributed by atoms with Crippen molar-refractivity contribution < 1.29 is 24.2 Å². The van der Waals surface area contributed by atoms with Crippen LogP contribution in [0.15, 0.2) is 94.5 Å². The molecule has 8 nitrogen and oxygen atoms in total. The zero-order valence-electron chi connectivity index (χ0n) is 26.3. The molecule has 0 bridgehead atoms. The number of nitrogens with zero attached hydrogens (tertiary/aromatic N) is 3. The molecule has 1 aliphatic heterocycles. The number of amides is 1. The molecule has 4 aromatic rings. The molecule has 1 unspecified atom stereocenters. The van der Waals surface area contributed by atoms with Gasteiger partial charge < -0.3 is 14.6 Å². The highest BCUT2D eigenvalue weighted by Crippen LogP contribution is 2.45. The lowest BCUT2D eigenvalue weighted by Crippen LogP contribution is -2.31. The summed E-state index contributed by atoms with van der Waals surface area (Å²) >= 11 is 2.74. The van der Waals surface area contributed by atoms with Gasteiger partial charge in [0.05, 0.1) is 24.8 Å². The standard InChI is InChI=1S/C36H37N3O5S2/c1-5-43-30-21-27(16-18-29(30)44-20-19-23(2)3)32-31(28(40)17-15-25-9-7-6-8-10-25)33(41)34(42)39(32)35-37-38-36(46-35)45-22-26-13-11-24(4)12-14-26/h6-18,21,23,32,41H,5,19-20,22H2,1-4H3. The number of hydrogen-bond acceptors (Lipinski definition) is 9. The third-order valence-corrected chi connectivity index (χ3v) is 9.45. The van der Waals surface area contributed by atoms with E-state index >= 15 is 0 Å². The maximum Gasteiger partial charge on any atom is 0.296 e. The van der Waals surface area contributed by atoms with Gasteiger partial charge in [0.15, 0.2) is 27.4 Å². The van der Waals surface area contributed by atoms with Gasteiger partial charge in [0.25, 0.3) is 5.91 Å². The summed E-state index contributed by atoms with van der Waals surface area (Å²) in [7, 11) is 0. The van der Waals surface area contributed by atoms with Crippen LogP contribution in [0.2, 0.25) is 0 Å². The average Bonchev–Trinajstić information content (AvgIpc) is 3.62. The topological polar surface area (TPSA) is 102 Å². The Labute approximate surface area is 277 Å². The van der Waals surface area contributed by atoms with Crippen LogP contribution >= 0.6 is 23.1 Å².